The van der Waals surface area contributed by atoms with Crippen LogP contribution < -0.4 is 19.5 Å². The number of unbranched alkanes of at least 4 members (excludes halogenated alkanes) is 10. The van der Waals surface area contributed by atoms with Crippen molar-refractivity contribution in [1.82, 2.24) is 60.1 Å². The number of hydrogen-bond acceptors (Lipinski definition) is 14. The molecule has 5 N–H and O–H groups in total. The second-order valence-corrected chi connectivity index (χ2v) is 32.2. The molecular formula is C83H115N13O10S. The van der Waals surface area contributed by atoms with Gasteiger partial charge < -0.3 is 34.1 Å². The molecule has 2 fully saturated rings. The number of rotatable bonds is 32. The van der Waals surface area contributed by atoms with Crippen molar-refractivity contribution >= 4 is 63.8 Å². The molecule has 578 valence electrons. The lowest BCUT2D eigenvalue weighted by molar-refractivity contribution is 0.0482. The number of benzene rings is 4. The Labute approximate surface area is 634 Å². The van der Waals surface area contributed by atoms with E-state index in [9.17, 15) is 33.0 Å². The third-order valence-corrected chi connectivity index (χ3v) is 21.4. The Bertz CT molecular complexity index is 4370. The molecule has 107 heavy (non-hydrogen) atoms. The van der Waals surface area contributed by atoms with Crippen molar-refractivity contribution < 1.29 is 46.6 Å². The molecule has 0 radical (unpaired) electrons. The van der Waals surface area contributed by atoms with Crippen molar-refractivity contribution in [2.75, 3.05) is 32.0 Å². The highest BCUT2D eigenvalue weighted by atomic mass is 32.2. The molecule has 4 amide bonds. The smallest absolute Gasteiger partial charge is 0.338 e. The van der Waals surface area contributed by atoms with Gasteiger partial charge in [0.2, 0.25) is 0 Å². The Kier molecular flexibility index (Phi) is 29.1. The predicted octanol–water partition coefficient (Wildman–Crippen LogP) is 16.8. The number of hydrogen-bond donors (Lipinski definition) is 5. The minimum absolute atomic E-state index is 0.0499. The molecule has 0 saturated heterocycles. The van der Waals surface area contributed by atoms with E-state index in [1.165, 1.54) is 51.0 Å². The number of ether oxygens (including phenoxy) is 2. The van der Waals surface area contributed by atoms with Crippen molar-refractivity contribution in [1.29, 1.82) is 0 Å². The van der Waals surface area contributed by atoms with E-state index in [1.807, 2.05) is 69.6 Å². The summed E-state index contributed by atoms with van der Waals surface area (Å²) in [5.41, 5.74) is 8.77. The fourth-order valence-electron chi connectivity index (χ4n) is 13.9. The third-order valence-electron chi connectivity index (χ3n) is 20.7. The summed E-state index contributed by atoms with van der Waals surface area (Å²) in [6.45, 7) is 25.2. The van der Waals surface area contributed by atoms with E-state index in [4.69, 9.17) is 13.7 Å². The second-order valence-electron chi connectivity index (χ2n) is 31.3. The Morgan fingerprint density at radius 1 is 0.533 bits per heavy atom. The summed E-state index contributed by atoms with van der Waals surface area (Å²) in [6, 6.07) is 23.8. The Morgan fingerprint density at radius 3 is 1.52 bits per heavy atom. The number of H-pyrrole nitrogens is 2. The van der Waals surface area contributed by atoms with E-state index in [-0.39, 0.29) is 57.9 Å². The zero-order valence-electron chi connectivity index (χ0n) is 65.6. The Morgan fingerprint density at radius 2 is 1.00 bits per heavy atom. The maximum Gasteiger partial charge on any atom is 0.338 e. The van der Waals surface area contributed by atoms with E-state index in [0.717, 1.165) is 119 Å². The van der Waals surface area contributed by atoms with Crippen LogP contribution in [0.5, 0.6) is 5.75 Å². The van der Waals surface area contributed by atoms with Crippen molar-refractivity contribution in [3.63, 3.8) is 0 Å². The van der Waals surface area contributed by atoms with E-state index >= 15 is 0 Å². The van der Waals surface area contributed by atoms with Crippen LogP contribution in [0, 0.1) is 13.8 Å². The average Bonchev–Trinajstić information content (AvgIpc) is 1.71. The molecule has 23 nitrogen and oxygen atoms in total. The first-order valence-corrected chi connectivity index (χ1v) is 39.9. The molecule has 8 aromatic rings. The molecule has 0 spiro atoms. The first-order valence-electron chi connectivity index (χ1n) is 38.9. The topological polar surface area (TPSA) is 282 Å². The molecule has 0 bridgehead atoms. The highest BCUT2D eigenvalue weighted by molar-refractivity contribution is 7.82. The van der Waals surface area contributed by atoms with Crippen LogP contribution >= 0.6 is 0 Å². The SMILES string of the molecule is CCCCCCCCOC(=O)c1ccc(C(=O)OCCCCCCCC)c(Cc2ccc(C)c(C(=O)NC(C)c3nnc4cc(C(C)(C)C)[nH]n34)c2)c1.Cc1ccc(NS(=O)Oc2cc(C(=O)N(C)C3CCCCC3)ccc2C(=O)N(C)C2CCCCC2)cc1C(=O)NC(C)c1nnc2cc(C(C)(C)C)[nH]n12. The summed E-state index contributed by atoms with van der Waals surface area (Å²) in [6.07, 6.45) is 23.8. The maximum absolute atomic E-state index is 13.9. The van der Waals surface area contributed by atoms with Crippen LogP contribution in [0.3, 0.4) is 0 Å². The molecule has 0 aliphatic heterocycles. The van der Waals surface area contributed by atoms with Crippen LogP contribution in [0.2, 0.25) is 0 Å². The van der Waals surface area contributed by atoms with Crippen molar-refractivity contribution in [2.45, 2.75) is 266 Å². The van der Waals surface area contributed by atoms with Crippen molar-refractivity contribution in [2.24, 2.45) is 0 Å². The molecule has 10 rings (SSSR count). The van der Waals surface area contributed by atoms with Crippen LogP contribution in [0.25, 0.3) is 11.3 Å². The second kappa shape index (κ2) is 38.1. The average molecular weight is 1490 g/mol. The number of amides is 4. The van der Waals surface area contributed by atoms with Crippen LogP contribution in [-0.4, -0.2) is 129 Å². The van der Waals surface area contributed by atoms with Gasteiger partial charge in [-0.1, -0.05) is 176 Å². The summed E-state index contributed by atoms with van der Waals surface area (Å²) in [5.74, 6) is -0.649. The quantitative estimate of drug-likeness (QED) is 0.0194. The van der Waals surface area contributed by atoms with Gasteiger partial charge in [0.05, 0.1) is 47.7 Å². The van der Waals surface area contributed by atoms with Gasteiger partial charge in [0, 0.05) is 77.2 Å². The predicted molar refractivity (Wildman–Crippen MR) is 420 cm³/mol. The van der Waals surface area contributed by atoms with Gasteiger partial charge in [0.1, 0.15) is 0 Å². The van der Waals surface area contributed by atoms with E-state index in [1.54, 1.807) is 69.9 Å². The van der Waals surface area contributed by atoms with Gasteiger partial charge in [-0.25, -0.2) is 18.6 Å². The molecule has 2 aliphatic carbocycles. The lowest BCUT2D eigenvalue weighted by Crippen LogP contribution is -2.39. The number of carbonyl (C=O) groups is 6. The van der Waals surface area contributed by atoms with Crippen LogP contribution in [0.1, 0.15) is 330 Å². The zero-order chi connectivity index (χ0) is 77.1. The van der Waals surface area contributed by atoms with Crippen molar-refractivity contribution in [3.8, 4) is 5.75 Å². The number of aromatic amines is 2. The first kappa shape index (κ1) is 81.9. The molecule has 4 aromatic heterocycles. The number of fused-ring (bicyclic) bond motifs is 2. The Hall–Kier alpha value is -9.19. The van der Waals surface area contributed by atoms with Gasteiger partial charge in [0.25, 0.3) is 23.6 Å². The largest absolute Gasteiger partial charge is 0.462 e. The van der Waals surface area contributed by atoms with Crippen LogP contribution in [-0.2, 0) is 38.0 Å². The highest BCUT2D eigenvalue weighted by Crippen LogP contribution is 2.32. The monoisotopic (exact) mass is 1490 g/mol. The molecule has 2 aliphatic rings. The maximum atomic E-state index is 13.9. The summed E-state index contributed by atoms with van der Waals surface area (Å²) in [4.78, 5) is 84.9. The van der Waals surface area contributed by atoms with Crippen LogP contribution in [0.4, 0.5) is 5.69 Å². The molecule has 4 aromatic carbocycles. The van der Waals surface area contributed by atoms with Crippen molar-refractivity contribution in [3.05, 3.63) is 164 Å². The number of aryl methyl sites for hydroxylation is 2. The molecule has 2 saturated carbocycles. The molecular weight excluding hydrogens is 1370 g/mol. The van der Waals surface area contributed by atoms with E-state index in [2.05, 4.69) is 101 Å². The fourth-order valence-corrected chi connectivity index (χ4v) is 14.5. The minimum atomic E-state index is -2.19. The van der Waals surface area contributed by atoms with Gasteiger partial charge in [-0.15, -0.1) is 20.4 Å². The number of esters is 2. The number of carbonyl (C=O) groups excluding carboxylic acids is 6. The summed E-state index contributed by atoms with van der Waals surface area (Å²) in [5, 5.41) is 30.0. The van der Waals surface area contributed by atoms with Gasteiger partial charge >= 0.3 is 23.2 Å². The van der Waals surface area contributed by atoms with Gasteiger partial charge in [-0.05, 0) is 149 Å². The van der Waals surface area contributed by atoms with Gasteiger partial charge in [-0.3, -0.25) is 34.1 Å². The first-order chi connectivity index (χ1) is 51.1. The van der Waals surface area contributed by atoms with E-state index in [0.29, 0.717) is 87.2 Å². The van der Waals surface area contributed by atoms with Crippen LogP contribution in [0.15, 0.2) is 84.9 Å². The molecule has 3 atom stereocenters. The standard InChI is InChI=1S/C43H61N5O5.C40H54N8O5S/c1-8-10-12-14-16-18-24-52-41(50)33-22-23-35(42(51)53-25-19-17-15-13-11-9-2)34(28-33)26-32-21-20-30(3)36(27-32)40(49)44-31(4)39-46-45-38-29-37(43(5,6)7)47-48(38)39;1-25-18-20-28(23-32(25)37(49)41-26(2)36-43-42-35-24-34(40(3,4)5)44-48(35)36)45-54(52)53-33-22-27(38(50)46(6)29-14-10-8-11-15-29)19-21-31(33)39(51)47(7)30-16-12-9-13-17-30/h20-23,27-29,31,47H,8-19,24-26H2,1-7H3,(H,44,49);18-24,26,29-30,44-45H,8-17H2,1-7H3,(H,41,49). The Balaban J connectivity index is 0.000000247. The number of nitrogens with zero attached hydrogens (tertiary/aromatic N) is 8. The zero-order valence-corrected chi connectivity index (χ0v) is 66.5. The normalized spacial score (nSPS) is 14.5. The molecule has 24 heteroatoms. The van der Waals surface area contributed by atoms with Gasteiger partial charge in [-0.2, -0.15) is 4.21 Å². The van der Waals surface area contributed by atoms with E-state index < -0.39 is 35.3 Å². The summed E-state index contributed by atoms with van der Waals surface area (Å²) < 4.78 is 37.3. The molecule has 4 heterocycles. The number of aromatic nitrogens is 8. The fraction of sp³-hybridized carbons (Fsp3) is 0.542. The third kappa shape index (κ3) is 22.0. The lowest BCUT2D eigenvalue weighted by atomic mass is 9.93. The summed E-state index contributed by atoms with van der Waals surface area (Å²) in [7, 11) is 3.61. The lowest BCUT2D eigenvalue weighted by Gasteiger charge is -2.32. The minimum Gasteiger partial charge on any atom is -0.462 e. The number of anilines is 1. The number of nitrogens with one attached hydrogen (secondary N) is 5. The summed E-state index contributed by atoms with van der Waals surface area (Å²) >= 11 is -2.19. The molecule has 3 unspecified atom stereocenters. The highest BCUT2D eigenvalue weighted by Gasteiger charge is 2.31. The van der Waals surface area contributed by atoms with Gasteiger partial charge in [0.15, 0.2) is 28.7 Å².